The van der Waals surface area contributed by atoms with Crippen LogP contribution in [0.5, 0.6) is 5.75 Å². The van der Waals surface area contributed by atoms with E-state index in [-0.39, 0.29) is 38.9 Å². The normalized spacial score (nSPS) is 13.2. The minimum absolute atomic E-state index is 0. The van der Waals surface area contributed by atoms with Gasteiger partial charge in [0.25, 0.3) is 0 Å². The Hall–Kier alpha value is -2.74. The molecule has 3 aromatic rings. The maximum Gasteiger partial charge on any atom is 0.433 e. The van der Waals surface area contributed by atoms with E-state index < -0.39 is 35.5 Å². The van der Waals surface area contributed by atoms with E-state index in [2.05, 4.69) is 19.7 Å². The highest BCUT2D eigenvalue weighted by Gasteiger charge is 2.33. The number of imidazole rings is 1. The Balaban J connectivity index is 0.00000320. The van der Waals surface area contributed by atoms with Gasteiger partial charge in [-0.05, 0) is 0 Å². The summed E-state index contributed by atoms with van der Waals surface area (Å²) in [5.74, 6) is -0.113. The zero-order valence-electron chi connectivity index (χ0n) is 15.1. The van der Waals surface area contributed by atoms with Crippen molar-refractivity contribution in [1.82, 2.24) is 19.4 Å². The summed E-state index contributed by atoms with van der Waals surface area (Å²) in [7, 11) is -1.65. The van der Waals surface area contributed by atoms with E-state index in [4.69, 9.17) is 0 Å². The third-order valence-electron chi connectivity index (χ3n) is 3.62. The lowest BCUT2D eigenvalue weighted by molar-refractivity contribution is -0.153. The third kappa shape index (κ3) is 5.24. The van der Waals surface area contributed by atoms with Crippen molar-refractivity contribution >= 4 is 16.4 Å². The quantitative estimate of drug-likeness (QED) is 0.550. The summed E-state index contributed by atoms with van der Waals surface area (Å²) in [6.45, 7) is 0.0405. The van der Waals surface area contributed by atoms with Crippen molar-refractivity contribution in [2.24, 2.45) is 0 Å². The molecule has 0 aliphatic heterocycles. The molecule has 3 heterocycles. The Kier molecular flexibility index (Phi) is 6.71. The largest absolute Gasteiger partial charge is 0.482 e. The number of ether oxygens (including phenoxy) is 1. The van der Waals surface area contributed by atoms with Gasteiger partial charge in [-0.15, -0.1) is 0 Å². The molecule has 0 aliphatic rings. The lowest BCUT2D eigenvalue weighted by Crippen LogP contribution is -2.19. The van der Waals surface area contributed by atoms with Crippen molar-refractivity contribution in [1.29, 1.82) is 0 Å². The molecule has 0 spiro atoms. The maximum absolute atomic E-state index is 12.8. The van der Waals surface area contributed by atoms with Gasteiger partial charge in [0.05, 0.1) is 21.9 Å². The second kappa shape index (κ2) is 8.55. The average molecular weight is 456 g/mol. The molecule has 164 valence electrons. The summed E-state index contributed by atoms with van der Waals surface area (Å²) in [6, 6.07) is 1.89. The van der Waals surface area contributed by atoms with Crippen LogP contribution in [-0.4, -0.2) is 47.6 Å². The minimum atomic E-state index is -4.65. The first-order valence-corrected chi connectivity index (χ1v) is 9.30. The molecule has 2 N–H and O–H groups in total. The molecule has 0 radical (unpaired) electrons. The Bertz CT molecular complexity index is 1070. The van der Waals surface area contributed by atoms with E-state index >= 15 is 0 Å². The SMILES string of the molecule is CCS(=O)c1cc(OCC(F)(F)F)cnc1-c1cn2cnc(C(F)(F)F)cc2n1.O. The molecule has 3 aromatic heterocycles. The highest BCUT2D eigenvalue weighted by molar-refractivity contribution is 7.85. The van der Waals surface area contributed by atoms with Crippen LogP contribution in [0.4, 0.5) is 26.3 Å². The summed E-state index contributed by atoms with van der Waals surface area (Å²) in [6.07, 6.45) is -5.96. The van der Waals surface area contributed by atoms with Crippen LogP contribution in [0.1, 0.15) is 12.6 Å². The van der Waals surface area contributed by atoms with Crippen molar-refractivity contribution in [2.45, 2.75) is 24.2 Å². The molecule has 0 fully saturated rings. The van der Waals surface area contributed by atoms with Gasteiger partial charge in [0.2, 0.25) is 0 Å². The molecular formula is C16H14F6N4O3S. The summed E-state index contributed by atoms with van der Waals surface area (Å²) in [5.41, 5.74) is -1.06. The second-order valence-corrected chi connectivity index (χ2v) is 7.43. The fraction of sp³-hybridized carbons (Fsp3) is 0.312. The summed E-state index contributed by atoms with van der Waals surface area (Å²) >= 11 is 0. The van der Waals surface area contributed by atoms with E-state index in [1.54, 1.807) is 6.92 Å². The van der Waals surface area contributed by atoms with Crippen LogP contribution in [0.25, 0.3) is 17.0 Å². The number of nitrogens with zero attached hydrogens (tertiary/aromatic N) is 4. The topological polar surface area (TPSA) is 101 Å². The fourth-order valence-corrected chi connectivity index (χ4v) is 3.28. The Morgan fingerprint density at radius 1 is 1.13 bits per heavy atom. The van der Waals surface area contributed by atoms with E-state index in [0.29, 0.717) is 0 Å². The number of hydrogen-bond acceptors (Lipinski definition) is 5. The van der Waals surface area contributed by atoms with E-state index in [9.17, 15) is 30.6 Å². The Morgan fingerprint density at radius 3 is 2.43 bits per heavy atom. The Labute approximate surface area is 167 Å². The predicted octanol–water partition coefficient (Wildman–Crippen LogP) is 3.05. The smallest absolute Gasteiger partial charge is 0.433 e. The third-order valence-corrected chi connectivity index (χ3v) is 4.94. The highest BCUT2D eigenvalue weighted by atomic mass is 32.2. The summed E-state index contributed by atoms with van der Waals surface area (Å²) < 4.78 is 93.7. The van der Waals surface area contributed by atoms with Gasteiger partial charge in [0.1, 0.15) is 34.8 Å². The maximum atomic E-state index is 12.8. The molecule has 0 aromatic carbocycles. The van der Waals surface area contributed by atoms with Gasteiger partial charge in [0.15, 0.2) is 6.61 Å². The number of alkyl halides is 6. The molecule has 1 atom stereocenters. The zero-order chi connectivity index (χ0) is 21.4. The molecule has 3 rings (SSSR count). The van der Waals surface area contributed by atoms with Crippen LogP contribution in [0.2, 0.25) is 0 Å². The lowest BCUT2D eigenvalue weighted by Gasteiger charge is -2.11. The van der Waals surface area contributed by atoms with E-state index in [1.807, 2.05) is 0 Å². The number of hydrogen-bond donors (Lipinski definition) is 0. The van der Waals surface area contributed by atoms with E-state index in [1.165, 1.54) is 10.6 Å². The van der Waals surface area contributed by atoms with E-state index in [0.717, 1.165) is 24.7 Å². The van der Waals surface area contributed by atoms with Crippen molar-refractivity contribution in [3.05, 3.63) is 36.5 Å². The first-order valence-electron chi connectivity index (χ1n) is 7.98. The molecule has 0 saturated heterocycles. The number of fused-ring (bicyclic) bond motifs is 1. The van der Waals surface area contributed by atoms with Crippen molar-refractivity contribution in [3.8, 4) is 17.1 Å². The lowest BCUT2D eigenvalue weighted by atomic mass is 10.3. The summed E-state index contributed by atoms with van der Waals surface area (Å²) in [4.78, 5) is 11.4. The van der Waals surface area contributed by atoms with Crippen LogP contribution < -0.4 is 4.74 Å². The zero-order valence-corrected chi connectivity index (χ0v) is 15.9. The molecule has 1 unspecified atom stereocenters. The van der Waals surface area contributed by atoms with Crippen LogP contribution in [0, 0.1) is 0 Å². The molecule has 0 bridgehead atoms. The molecule has 14 heteroatoms. The van der Waals surface area contributed by atoms with Gasteiger partial charge >= 0.3 is 12.4 Å². The molecule has 30 heavy (non-hydrogen) atoms. The van der Waals surface area contributed by atoms with Crippen LogP contribution >= 0.6 is 0 Å². The summed E-state index contributed by atoms with van der Waals surface area (Å²) in [5, 5.41) is 0. The molecule has 0 amide bonds. The van der Waals surface area contributed by atoms with Crippen molar-refractivity contribution in [3.63, 3.8) is 0 Å². The number of rotatable bonds is 5. The molecule has 0 saturated carbocycles. The van der Waals surface area contributed by atoms with Crippen LogP contribution in [0.15, 0.2) is 35.7 Å². The number of halogens is 6. The van der Waals surface area contributed by atoms with Crippen LogP contribution in [-0.2, 0) is 17.0 Å². The molecular weight excluding hydrogens is 442 g/mol. The molecule has 7 nitrogen and oxygen atoms in total. The standard InChI is InChI=1S/C16H12F6N4O2S.H2O/c1-2-29(27)11-3-9(28-7-15(17,18)19)5-23-14(11)10-6-26-8-24-12(16(20,21)22)4-13(26)25-10;/h3-6,8H,2,7H2,1H3;1H2. The van der Waals surface area contributed by atoms with Gasteiger partial charge in [-0.3, -0.25) is 8.61 Å². The second-order valence-electron chi connectivity index (χ2n) is 5.72. The van der Waals surface area contributed by atoms with Gasteiger partial charge in [-0.1, -0.05) is 6.92 Å². The average Bonchev–Trinajstić information content (AvgIpc) is 3.07. The number of aromatic nitrogens is 4. The predicted molar refractivity (Wildman–Crippen MR) is 93.3 cm³/mol. The van der Waals surface area contributed by atoms with Gasteiger partial charge in [0, 0.05) is 24.1 Å². The van der Waals surface area contributed by atoms with Crippen molar-refractivity contribution in [2.75, 3.05) is 12.4 Å². The number of pyridine rings is 1. The van der Waals surface area contributed by atoms with Crippen molar-refractivity contribution < 1.29 is 40.8 Å². The minimum Gasteiger partial charge on any atom is -0.482 e. The highest BCUT2D eigenvalue weighted by Crippen LogP contribution is 2.31. The van der Waals surface area contributed by atoms with Gasteiger partial charge < -0.3 is 10.2 Å². The Morgan fingerprint density at radius 2 is 1.83 bits per heavy atom. The first-order chi connectivity index (χ1) is 13.5. The fourth-order valence-electron chi connectivity index (χ4n) is 2.35. The molecule has 0 aliphatic carbocycles. The van der Waals surface area contributed by atoms with Gasteiger partial charge in [-0.25, -0.2) is 15.0 Å². The first kappa shape index (κ1) is 23.5. The monoisotopic (exact) mass is 456 g/mol. The van der Waals surface area contributed by atoms with Gasteiger partial charge in [-0.2, -0.15) is 26.3 Å². The van der Waals surface area contributed by atoms with Crippen LogP contribution in [0.3, 0.4) is 0 Å².